The van der Waals surface area contributed by atoms with Gasteiger partial charge in [0.15, 0.2) is 5.76 Å². The third-order valence-corrected chi connectivity index (χ3v) is 4.75. The van der Waals surface area contributed by atoms with E-state index < -0.39 is 0 Å². The van der Waals surface area contributed by atoms with Gasteiger partial charge in [-0.25, -0.2) is 0 Å². The molecule has 1 aliphatic heterocycles. The molecule has 3 nitrogen and oxygen atoms in total. The zero-order valence-electron chi connectivity index (χ0n) is 13.7. The number of allylic oxidation sites excluding steroid dienone is 2. The number of alkyl halides is 1. The highest BCUT2D eigenvalue weighted by atomic mass is 79.9. The molecule has 2 aliphatic rings. The maximum atomic E-state index is 12.6. The SMILES string of the molecule is CC(Br)CCC(C)Oc1cccc2c1C(=O)C(=CCC1CC1)O2. The van der Waals surface area contributed by atoms with Gasteiger partial charge in [-0.05, 0) is 63.2 Å². The summed E-state index contributed by atoms with van der Waals surface area (Å²) in [5.74, 6) is 2.42. The van der Waals surface area contributed by atoms with Crippen molar-refractivity contribution in [3.05, 3.63) is 35.6 Å². The number of carbonyl (C=O) groups excluding carboxylic acids is 1. The Balaban J connectivity index is 1.71. The lowest BCUT2D eigenvalue weighted by Gasteiger charge is -2.16. The number of carbonyl (C=O) groups is 1. The van der Waals surface area contributed by atoms with Crippen LogP contribution in [0.1, 0.15) is 56.3 Å². The van der Waals surface area contributed by atoms with Gasteiger partial charge in [0.05, 0.1) is 6.10 Å². The summed E-state index contributed by atoms with van der Waals surface area (Å²) < 4.78 is 11.8. The minimum absolute atomic E-state index is 0.0442. The first-order valence-corrected chi connectivity index (χ1v) is 9.32. The van der Waals surface area contributed by atoms with Crippen LogP contribution in [0.5, 0.6) is 11.5 Å². The highest BCUT2D eigenvalue weighted by Crippen LogP contribution is 2.39. The molecule has 0 aromatic heterocycles. The summed E-state index contributed by atoms with van der Waals surface area (Å²) in [6.07, 6.45) is 7.45. The fourth-order valence-corrected chi connectivity index (χ4v) is 2.97. The van der Waals surface area contributed by atoms with Gasteiger partial charge in [-0.3, -0.25) is 4.79 Å². The van der Waals surface area contributed by atoms with Crippen LogP contribution in [-0.4, -0.2) is 16.7 Å². The Morgan fingerprint density at radius 1 is 1.35 bits per heavy atom. The fourth-order valence-electron chi connectivity index (χ4n) is 2.71. The maximum Gasteiger partial charge on any atom is 0.235 e. The van der Waals surface area contributed by atoms with Crippen LogP contribution in [0, 0.1) is 5.92 Å². The topological polar surface area (TPSA) is 35.5 Å². The molecule has 0 spiro atoms. The Morgan fingerprint density at radius 2 is 2.13 bits per heavy atom. The Labute approximate surface area is 146 Å². The van der Waals surface area contributed by atoms with E-state index in [-0.39, 0.29) is 11.9 Å². The zero-order chi connectivity index (χ0) is 16.4. The quantitative estimate of drug-likeness (QED) is 0.478. The van der Waals surface area contributed by atoms with E-state index in [0.717, 1.165) is 25.2 Å². The Kier molecular flexibility index (Phi) is 5.10. The van der Waals surface area contributed by atoms with Crippen LogP contribution in [0.2, 0.25) is 0 Å². The number of benzene rings is 1. The van der Waals surface area contributed by atoms with Crippen molar-refractivity contribution in [2.24, 2.45) is 5.92 Å². The second-order valence-electron chi connectivity index (χ2n) is 6.59. The van der Waals surface area contributed by atoms with E-state index in [0.29, 0.717) is 27.6 Å². The van der Waals surface area contributed by atoms with Crippen LogP contribution in [-0.2, 0) is 0 Å². The van der Waals surface area contributed by atoms with Crippen molar-refractivity contribution in [1.82, 2.24) is 0 Å². The summed E-state index contributed by atoms with van der Waals surface area (Å²) in [7, 11) is 0. The Hall–Kier alpha value is -1.29. The number of rotatable bonds is 7. The fraction of sp³-hybridized carbons (Fsp3) is 0.526. The molecule has 4 heteroatoms. The number of Topliss-reactive ketones (excluding diaryl/α,β-unsaturated/α-hetero) is 1. The molecule has 0 N–H and O–H groups in total. The molecule has 3 rings (SSSR count). The molecule has 1 aliphatic carbocycles. The largest absolute Gasteiger partial charge is 0.490 e. The summed E-state index contributed by atoms with van der Waals surface area (Å²) in [5, 5.41) is 0. The average molecular weight is 379 g/mol. The molecule has 2 unspecified atom stereocenters. The van der Waals surface area contributed by atoms with Crippen molar-refractivity contribution >= 4 is 21.7 Å². The van der Waals surface area contributed by atoms with Crippen LogP contribution >= 0.6 is 15.9 Å². The molecule has 0 radical (unpaired) electrons. The lowest BCUT2D eigenvalue weighted by Crippen LogP contribution is -2.14. The van der Waals surface area contributed by atoms with Gasteiger partial charge in [0.1, 0.15) is 17.1 Å². The van der Waals surface area contributed by atoms with Gasteiger partial charge in [-0.15, -0.1) is 0 Å². The van der Waals surface area contributed by atoms with E-state index >= 15 is 0 Å². The number of ether oxygens (including phenoxy) is 2. The normalized spacial score (nSPS) is 21.0. The Bertz CT molecular complexity index is 617. The number of halogens is 1. The molecule has 2 atom stereocenters. The maximum absolute atomic E-state index is 12.6. The summed E-state index contributed by atoms with van der Waals surface area (Å²) in [6.45, 7) is 4.17. The standard InChI is InChI=1S/C19H23BrO3/c1-12(20)6-7-13(2)22-15-4-3-5-16-18(15)19(21)17(23-16)11-10-14-8-9-14/h3-5,11-14H,6-10H2,1-2H3. The Morgan fingerprint density at radius 3 is 2.83 bits per heavy atom. The molecule has 1 fully saturated rings. The van der Waals surface area contributed by atoms with Crippen LogP contribution in [0.25, 0.3) is 0 Å². The minimum atomic E-state index is -0.0442. The molecule has 1 aromatic carbocycles. The molecule has 23 heavy (non-hydrogen) atoms. The van der Waals surface area contributed by atoms with Crippen molar-refractivity contribution in [1.29, 1.82) is 0 Å². The highest BCUT2D eigenvalue weighted by Gasteiger charge is 2.32. The third-order valence-electron chi connectivity index (χ3n) is 4.29. The number of fused-ring (bicyclic) bond motifs is 1. The van der Waals surface area contributed by atoms with Crippen LogP contribution in [0.3, 0.4) is 0 Å². The summed E-state index contributed by atoms with van der Waals surface area (Å²) in [5.41, 5.74) is 0.577. The predicted octanol–water partition coefficient (Wildman–Crippen LogP) is 5.28. The first-order valence-electron chi connectivity index (χ1n) is 8.41. The number of hydrogen-bond donors (Lipinski definition) is 0. The van der Waals surface area contributed by atoms with Crippen LogP contribution in [0.15, 0.2) is 30.0 Å². The molecule has 1 heterocycles. The average Bonchev–Trinajstić information content (AvgIpc) is 3.28. The lowest BCUT2D eigenvalue weighted by molar-refractivity contribution is 0.101. The van der Waals surface area contributed by atoms with Crippen molar-refractivity contribution in [2.45, 2.75) is 56.9 Å². The molecule has 0 saturated heterocycles. The van der Waals surface area contributed by atoms with Crippen molar-refractivity contribution in [3.8, 4) is 11.5 Å². The first kappa shape index (κ1) is 16.6. The number of ketones is 1. The molecule has 124 valence electrons. The van der Waals surface area contributed by atoms with E-state index in [2.05, 4.69) is 22.9 Å². The minimum Gasteiger partial charge on any atom is -0.490 e. The van der Waals surface area contributed by atoms with E-state index in [1.54, 1.807) is 0 Å². The molecule has 1 saturated carbocycles. The highest BCUT2D eigenvalue weighted by molar-refractivity contribution is 9.09. The van der Waals surface area contributed by atoms with Gasteiger partial charge in [-0.2, -0.15) is 0 Å². The summed E-state index contributed by atoms with van der Waals surface area (Å²) >= 11 is 3.55. The lowest BCUT2D eigenvalue weighted by atomic mass is 10.1. The van der Waals surface area contributed by atoms with E-state index in [1.807, 2.05) is 31.2 Å². The van der Waals surface area contributed by atoms with Gasteiger partial charge in [0.2, 0.25) is 5.78 Å². The third kappa shape index (κ3) is 4.17. The van der Waals surface area contributed by atoms with Crippen molar-refractivity contribution in [3.63, 3.8) is 0 Å². The monoisotopic (exact) mass is 378 g/mol. The van der Waals surface area contributed by atoms with Crippen molar-refractivity contribution in [2.75, 3.05) is 0 Å². The van der Waals surface area contributed by atoms with Gasteiger partial charge < -0.3 is 9.47 Å². The second kappa shape index (κ2) is 7.08. The molecular weight excluding hydrogens is 356 g/mol. The van der Waals surface area contributed by atoms with Crippen molar-refractivity contribution < 1.29 is 14.3 Å². The van der Waals surface area contributed by atoms with Gasteiger partial charge in [0, 0.05) is 4.83 Å². The zero-order valence-corrected chi connectivity index (χ0v) is 15.3. The molecular formula is C19H23BrO3. The van der Waals surface area contributed by atoms with E-state index in [9.17, 15) is 4.79 Å². The molecule has 1 aromatic rings. The second-order valence-corrected chi connectivity index (χ2v) is 8.16. The predicted molar refractivity (Wildman–Crippen MR) is 94.5 cm³/mol. The van der Waals surface area contributed by atoms with Crippen LogP contribution < -0.4 is 9.47 Å². The van der Waals surface area contributed by atoms with Gasteiger partial charge in [-0.1, -0.05) is 28.9 Å². The molecule has 0 amide bonds. The first-order chi connectivity index (χ1) is 11.0. The van der Waals surface area contributed by atoms with E-state index in [1.165, 1.54) is 12.8 Å². The summed E-state index contributed by atoms with van der Waals surface area (Å²) in [4.78, 5) is 13.1. The molecule has 0 bridgehead atoms. The van der Waals surface area contributed by atoms with E-state index in [4.69, 9.17) is 9.47 Å². The number of hydrogen-bond acceptors (Lipinski definition) is 3. The van der Waals surface area contributed by atoms with Gasteiger partial charge >= 0.3 is 0 Å². The summed E-state index contributed by atoms with van der Waals surface area (Å²) in [6, 6.07) is 5.58. The van der Waals surface area contributed by atoms with Gasteiger partial charge in [0.25, 0.3) is 0 Å². The smallest absolute Gasteiger partial charge is 0.235 e. The van der Waals surface area contributed by atoms with Crippen LogP contribution in [0.4, 0.5) is 0 Å².